The molecule has 5 N–H and O–H groups in total. The average molecular weight is 264 g/mol. The summed E-state index contributed by atoms with van der Waals surface area (Å²) in [5.41, 5.74) is 13.3. The molecule has 1 aromatic rings. The molecule has 0 heterocycles. The van der Waals surface area contributed by atoms with Crippen LogP contribution in [0.15, 0.2) is 24.3 Å². The van der Waals surface area contributed by atoms with E-state index in [1.165, 1.54) is 0 Å². The van der Waals surface area contributed by atoms with Crippen LogP contribution in [0.5, 0.6) is 0 Å². The molecule has 0 aliphatic rings. The van der Waals surface area contributed by atoms with E-state index in [0.29, 0.717) is 22.8 Å². The maximum atomic E-state index is 8.76. The van der Waals surface area contributed by atoms with E-state index in [-0.39, 0.29) is 6.04 Å². The van der Waals surface area contributed by atoms with Gasteiger partial charge in [0.05, 0.1) is 16.6 Å². The third kappa shape index (κ3) is 4.21. The SMILES string of the molecule is C[C@H](N)C[NH+]=C/C=C(\N)c1ccc(C#N)c(Cl)c1. The Morgan fingerprint density at radius 2 is 2.33 bits per heavy atom. The van der Waals surface area contributed by atoms with Crippen LogP contribution in [0.1, 0.15) is 18.1 Å². The van der Waals surface area contributed by atoms with Crippen molar-refractivity contribution in [3.63, 3.8) is 0 Å². The number of rotatable bonds is 4. The van der Waals surface area contributed by atoms with Gasteiger partial charge in [-0.05, 0) is 24.6 Å². The predicted molar refractivity (Wildman–Crippen MR) is 73.9 cm³/mol. The van der Waals surface area contributed by atoms with Crippen LogP contribution in [0.25, 0.3) is 5.70 Å². The summed E-state index contributed by atoms with van der Waals surface area (Å²) in [7, 11) is 0. The summed E-state index contributed by atoms with van der Waals surface area (Å²) < 4.78 is 0. The van der Waals surface area contributed by atoms with E-state index in [2.05, 4.69) is 4.99 Å². The molecule has 0 amide bonds. The van der Waals surface area contributed by atoms with Gasteiger partial charge in [0.1, 0.15) is 6.07 Å². The van der Waals surface area contributed by atoms with E-state index in [1.54, 1.807) is 30.5 Å². The summed E-state index contributed by atoms with van der Waals surface area (Å²) in [4.78, 5) is 3.03. The summed E-state index contributed by atoms with van der Waals surface area (Å²) in [6.07, 6.45) is 3.48. The zero-order valence-corrected chi connectivity index (χ0v) is 10.9. The summed E-state index contributed by atoms with van der Waals surface area (Å²) in [6, 6.07) is 7.16. The molecule has 1 rings (SSSR count). The molecule has 0 radical (unpaired) electrons. The van der Waals surface area contributed by atoms with Gasteiger partial charge in [-0.15, -0.1) is 0 Å². The Kier molecular flexibility index (Phi) is 5.37. The molecule has 0 bridgehead atoms. The van der Waals surface area contributed by atoms with E-state index in [9.17, 15) is 0 Å². The van der Waals surface area contributed by atoms with Crippen LogP contribution < -0.4 is 16.5 Å². The van der Waals surface area contributed by atoms with Gasteiger partial charge < -0.3 is 11.5 Å². The summed E-state index contributed by atoms with van der Waals surface area (Å²) in [6.45, 7) is 2.59. The first kappa shape index (κ1) is 14.2. The number of halogens is 1. The topological polar surface area (TPSA) is 89.8 Å². The second-order valence-electron chi connectivity index (χ2n) is 3.98. The van der Waals surface area contributed by atoms with Crippen molar-refractivity contribution in [2.75, 3.05) is 6.54 Å². The molecule has 0 aromatic heterocycles. The average Bonchev–Trinajstić information content (AvgIpc) is 2.34. The molecule has 0 spiro atoms. The van der Waals surface area contributed by atoms with E-state index >= 15 is 0 Å². The molecule has 1 atom stereocenters. The highest BCUT2D eigenvalue weighted by Gasteiger charge is 2.02. The minimum Gasteiger partial charge on any atom is -0.398 e. The lowest BCUT2D eigenvalue weighted by Gasteiger charge is -2.01. The van der Waals surface area contributed by atoms with Gasteiger partial charge in [0.15, 0.2) is 12.8 Å². The molecule has 0 saturated heterocycles. The molecule has 0 saturated carbocycles. The third-order valence-electron chi connectivity index (χ3n) is 2.24. The molecule has 18 heavy (non-hydrogen) atoms. The number of nitrogens with one attached hydrogen (secondary N) is 1. The normalized spacial score (nSPS) is 13.6. The largest absolute Gasteiger partial charge is 0.398 e. The number of allylic oxidation sites excluding steroid dienone is 1. The van der Waals surface area contributed by atoms with E-state index < -0.39 is 0 Å². The van der Waals surface area contributed by atoms with Crippen molar-refractivity contribution in [2.45, 2.75) is 13.0 Å². The fourth-order valence-electron chi connectivity index (χ4n) is 1.28. The minimum atomic E-state index is 0.0835. The van der Waals surface area contributed by atoms with Crippen molar-refractivity contribution in [3.05, 3.63) is 40.4 Å². The monoisotopic (exact) mass is 263 g/mol. The van der Waals surface area contributed by atoms with Crippen molar-refractivity contribution in [1.29, 1.82) is 5.26 Å². The first-order valence-corrected chi connectivity index (χ1v) is 5.90. The van der Waals surface area contributed by atoms with Crippen LogP contribution in [0, 0.1) is 11.3 Å². The lowest BCUT2D eigenvalue weighted by Crippen LogP contribution is -2.72. The number of nitrogens with two attached hydrogens (primary N) is 2. The molecule has 4 nitrogen and oxygen atoms in total. The zero-order chi connectivity index (χ0) is 13.5. The first-order valence-electron chi connectivity index (χ1n) is 5.52. The Labute approximate surface area is 112 Å². The summed E-state index contributed by atoms with van der Waals surface area (Å²) in [5, 5.41) is 9.16. The Hall–Kier alpha value is -1.83. The van der Waals surface area contributed by atoms with Gasteiger partial charge in [0, 0.05) is 11.8 Å². The first-order chi connectivity index (χ1) is 8.54. The minimum absolute atomic E-state index is 0.0835. The second kappa shape index (κ2) is 6.80. The highest BCUT2D eigenvalue weighted by Crippen LogP contribution is 2.19. The number of nitriles is 1. The fraction of sp³-hybridized carbons (Fsp3) is 0.231. The van der Waals surface area contributed by atoms with E-state index in [1.807, 2.05) is 13.0 Å². The van der Waals surface area contributed by atoms with Crippen molar-refractivity contribution in [2.24, 2.45) is 11.5 Å². The number of benzene rings is 1. The number of hydrogen-bond donors (Lipinski definition) is 3. The number of hydrogen-bond acceptors (Lipinski definition) is 3. The molecular formula is C13H16ClN4+. The Bertz CT molecular complexity index is 512. The molecule has 0 unspecified atom stereocenters. The third-order valence-corrected chi connectivity index (χ3v) is 2.56. The standard InChI is InChI=1S/C13H15ClN4/c1-9(16)8-18-5-4-13(17)10-2-3-11(7-15)12(14)6-10/h2-6,9H,8,16-17H2,1H3/p+1/b13-4-,18-5?/t9-/m0/s1. The molecular weight excluding hydrogens is 248 g/mol. The van der Waals surface area contributed by atoms with Gasteiger partial charge >= 0.3 is 0 Å². The predicted octanol–water partition coefficient (Wildman–Crippen LogP) is 0.00988. The van der Waals surface area contributed by atoms with Gasteiger partial charge in [-0.3, -0.25) is 0 Å². The van der Waals surface area contributed by atoms with Crippen molar-refractivity contribution < 1.29 is 4.99 Å². The van der Waals surface area contributed by atoms with Crippen LogP contribution in [0.4, 0.5) is 0 Å². The smallest absolute Gasteiger partial charge is 0.163 e. The number of nitrogens with zero attached hydrogens (tertiary/aromatic N) is 1. The molecule has 94 valence electrons. The lowest BCUT2D eigenvalue weighted by molar-refractivity contribution is -0.453. The Balaban J connectivity index is 2.81. The van der Waals surface area contributed by atoms with Crippen LogP contribution in [0.3, 0.4) is 0 Å². The molecule has 0 aliphatic heterocycles. The Morgan fingerprint density at radius 3 is 2.89 bits per heavy atom. The highest BCUT2D eigenvalue weighted by atomic mass is 35.5. The van der Waals surface area contributed by atoms with Crippen LogP contribution in [0.2, 0.25) is 5.02 Å². The molecule has 0 aliphatic carbocycles. The highest BCUT2D eigenvalue weighted by molar-refractivity contribution is 6.31. The van der Waals surface area contributed by atoms with Crippen LogP contribution in [-0.4, -0.2) is 18.8 Å². The van der Waals surface area contributed by atoms with E-state index in [0.717, 1.165) is 5.56 Å². The van der Waals surface area contributed by atoms with E-state index in [4.69, 9.17) is 28.3 Å². The molecule has 1 aromatic carbocycles. The second-order valence-corrected chi connectivity index (χ2v) is 4.39. The van der Waals surface area contributed by atoms with Crippen molar-refractivity contribution in [1.82, 2.24) is 0 Å². The quantitative estimate of drug-likeness (QED) is 0.669. The fourth-order valence-corrected chi connectivity index (χ4v) is 1.51. The lowest BCUT2D eigenvalue weighted by atomic mass is 10.1. The van der Waals surface area contributed by atoms with Crippen molar-refractivity contribution in [3.8, 4) is 6.07 Å². The van der Waals surface area contributed by atoms with Crippen LogP contribution >= 0.6 is 11.6 Å². The molecule has 5 heteroatoms. The Morgan fingerprint density at radius 1 is 1.61 bits per heavy atom. The zero-order valence-electron chi connectivity index (χ0n) is 10.2. The van der Waals surface area contributed by atoms with Crippen LogP contribution in [-0.2, 0) is 0 Å². The van der Waals surface area contributed by atoms with Crippen molar-refractivity contribution >= 4 is 23.5 Å². The maximum Gasteiger partial charge on any atom is 0.163 e. The molecule has 0 fully saturated rings. The van der Waals surface area contributed by atoms with Gasteiger partial charge in [-0.1, -0.05) is 17.7 Å². The summed E-state index contributed by atoms with van der Waals surface area (Å²) in [5.74, 6) is 0. The maximum absolute atomic E-state index is 8.76. The van der Waals surface area contributed by atoms with Gasteiger partial charge in [-0.2, -0.15) is 5.26 Å². The summed E-state index contributed by atoms with van der Waals surface area (Å²) >= 11 is 5.93. The van der Waals surface area contributed by atoms with Gasteiger partial charge in [-0.25, -0.2) is 4.99 Å². The van der Waals surface area contributed by atoms with Gasteiger partial charge in [0.25, 0.3) is 0 Å². The van der Waals surface area contributed by atoms with Gasteiger partial charge in [0.2, 0.25) is 0 Å².